The first-order valence-corrected chi connectivity index (χ1v) is 13.0. The lowest BCUT2D eigenvalue weighted by Crippen LogP contribution is -2.41. The van der Waals surface area contributed by atoms with Gasteiger partial charge in [-0.25, -0.2) is 4.79 Å². The highest BCUT2D eigenvalue weighted by atomic mass is 79.9. The SMILES string of the molecule is CC(C)(C)[Si](C)(C)OCCc1c(C(=O)O)n(CCBr)c2ccc(C#N)cc12. The van der Waals surface area contributed by atoms with Crippen LogP contribution in [0, 0.1) is 11.3 Å². The van der Waals surface area contributed by atoms with Crippen molar-refractivity contribution in [2.75, 3.05) is 11.9 Å². The maximum atomic E-state index is 12.0. The number of alkyl halides is 1. The average molecular weight is 451 g/mol. The van der Waals surface area contributed by atoms with Crippen molar-refractivity contribution in [3.8, 4) is 6.07 Å². The lowest BCUT2D eigenvalue weighted by Gasteiger charge is -2.36. The van der Waals surface area contributed by atoms with Gasteiger partial charge in [-0.2, -0.15) is 5.26 Å². The number of hydrogen-bond donors (Lipinski definition) is 1. The van der Waals surface area contributed by atoms with Crippen LogP contribution in [0.5, 0.6) is 0 Å². The molecule has 0 fully saturated rings. The molecule has 5 nitrogen and oxygen atoms in total. The molecule has 0 aliphatic carbocycles. The Morgan fingerprint density at radius 3 is 2.56 bits per heavy atom. The molecule has 2 rings (SSSR count). The van der Waals surface area contributed by atoms with Gasteiger partial charge in [0, 0.05) is 29.4 Å². The van der Waals surface area contributed by atoms with Crippen LogP contribution in [0.15, 0.2) is 18.2 Å². The van der Waals surface area contributed by atoms with Crippen LogP contribution < -0.4 is 0 Å². The van der Waals surface area contributed by atoms with Crippen LogP contribution in [0.2, 0.25) is 18.1 Å². The second-order valence-corrected chi connectivity index (χ2v) is 13.8. The maximum absolute atomic E-state index is 12.0. The minimum atomic E-state index is -1.91. The third-order valence-electron chi connectivity index (χ3n) is 5.43. The standard InChI is InChI=1S/C20H27BrN2O3Si/c1-20(2,3)27(4,5)26-11-8-15-16-12-14(13-22)6-7-17(16)23(10-9-21)18(15)19(24)25/h6-7,12H,8-11H2,1-5H3,(H,24,25). The molecule has 0 bridgehead atoms. The van der Waals surface area contributed by atoms with Crippen LogP contribution in [-0.2, 0) is 17.4 Å². The molecule has 0 saturated heterocycles. The van der Waals surface area contributed by atoms with Crippen LogP contribution in [0.4, 0.5) is 0 Å². The predicted molar refractivity (Wildman–Crippen MR) is 114 cm³/mol. The van der Waals surface area contributed by atoms with E-state index in [9.17, 15) is 15.2 Å². The molecule has 0 saturated carbocycles. The first-order chi connectivity index (χ1) is 12.5. The van der Waals surface area contributed by atoms with Gasteiger partial charge in [0.25, 0.3) is 0 Å². The number of carbonyl (C=O) groups is 1. The zero-order chi connectivity index (χ0) is 20.4. The van der Waals surface area contributed by atoms with Crippen molar-refractivity contribution in [3.63, 3.8) is 0 Å². The lowest BCUT2D eigenvalue weighted by atomic mass is 10.1. The quantitative estimate of drug-likeness (QED) is 0.466. The molecule has 1 heterocycles. The highest BCUT2D eigenvalue weighted by Crippen LogP contribution is 2.37. The smallest absolute Gasteiger partial charge is 0.352 e. The van der Waals surface area contributed by atoms with Crippen molar-refractivity contribution in [2.24, 2.45) is 0 Å². The molecule has 146 valence electrons. The summed E-state index contributed by atoms with van der Waals surface area (Å²) in [5, 5.41) is 20.7. The van der Waals surface area contributed by atoms with Gasteiger partial charge in [-0.05, 0) is 48.3 Å². The molecule has 0 unspecified atom stereocenters. The molecular weight excluding hydrogens is 424 g/mol. The average Bonchev–Trinajstić information content (AvgIpc) is 2.87. The topological polar surface area (TPSA) is 75.2 Å². The molecule has 0 atom stereocenters. The fourth-order valence-electron chi connectivity index (χ4n) is 2.93. The van der Waals surface area contributed by atoms with Crippen molar-refractivity contribution >= 4 is 41.1 Å². The van der Waals surface area contributed by atoms with E-state index in [0.717, 1.165) is 16.5 Å². The van der Waals surface area contributed by atoms with Gasteiger partial charge in [-0.15, -0.1) is 0 Å². The monoisotopic (exact) mass is 450 g/mol. The third-order valence-corrected chi connectivity index (χ3v) is 10.3. The van der Waals surface area contributed by atoms with E-state index in [1.54, 1.807) is 12.1 Å². The number of carboxylic acid groups (broad SMARTS) is 1. The number of benzene rings is 1. The van der Waals surface area contributed by atoms with Gasteiger partial charge in [0.2, 0.25) is 0 Å². The number of fused-ring (bicyclic) bond motifs is 1. The van der Waals surface area contributed by atoms with Crippen LogP contribution in [0.25, 0.3) is 10.9 Å². The number of rotatable bonds is 7. The van der Waals surface area contributed by atoms with Gasteiger partial charge in [0.15, 0.2) is 8.32 Å². The summed E-state index contributed by atoms with van der Waals surface area (Å²) in [6, 6.07) is 7.50. The maximum Gasteiger partial charge on any atom is 0.352 e. The Morgan fingerprint density at radius 2 is 2.04 bits per heavy atom. The summed E-state index contributed by atoms with van der Waals surface area (Å²) in [5.74, 6) is -0.951. The fourth-order valence-corrected chi connectivity index (χ4v) is 4.33. The normalized spacial score (nSPS) is 12.3. The molecule has 0 aliphatic heterocycles. The Kier molecular flexibility index (Phi) is 6.56. The van der Waals surface area contributed by atoms with Crippen LogP contribution in [0.1, 0.15) is 42.4 Å². The molecule has 2 aromatic rings. The largest absolute Gasteiger partial charge is 0.477 e. The van der Waals surface area contributed by atoms with E-state index >= 15 is 0 Å². The minimum absolute atomic E-state index is 0.0978. The van der Waals surface area contributed by atoms with Crippen molar-refractivity contribution in [3.05, 3.63) is 35.0 Å². The Bertz CT molecular complexity index is 891. The molecule has 1 aromatic heterocycles. The minimum Gasteiger partial charge on any atom is -0.477 e. The van der Waals surface area contributed by atoms with E-state index in [0.29, 0.717) is 36.2 Å². The number of aryl methyl sites for hydroxylation is 1. The second-order valence-electron chi connectivity index (χ2n) is 8.18. The highest BCUT2D eigenvalue weighted by molar-refractivity contribution is 9.09. The molecule has 0 spiro atoms. The Morgan fingerprint density at radius 1 is 1.37 bits per heavy atom. The summed E-state index contributed by atoms with van der Waals surface area (Å²) in [4.78, 5) is 12.0. The molecule has 1 aromatic carbocycles. The first-order valence-electron chi connectivity index (χ1n) is 9.02. The number of nitrogens with zero attached hydrogens (tertiary/aromatic N) is 2. The van der Waals surface area contributed by atoms with Gasteiger partial charge in [-0.1, -0.05) is 36.7 Å². The van der Waals surface area contributed by atoms with E-state index in [4.69, 9.17) is 4.43 Å². The first kappa shape index (κ1) is 21.7. The van der Waals surface area contributed by atoms with Gasteiger partial charge in [0.1, 0.15) is 5.69 Å². The number of aromatic nitrogens is 1. The summed E-state index contributed by atoms with van der Waals surface area (Å²) in [7, 11) is -1.91. The van der Waals surface area contributed by atoms with E-state index < -0.39 is 14.3 Å². The predicted octanol–water partition coefficient (Wildman–Crippen LogP) is 5.17. The van der Waals surface area contributed by atoms with Crippen LogP contribution in [-0.4, -0.2) is 35.9 Å². The number of hydrogen-bond acceptors (Lipinski definition) is 3. The highest BCUT2D eigenvalue weighted by Gasteiger charge is 2.37. The third kappa shape index (κ3) is 4.45. The zero-order valence-corrected chi connectivity index (χ0v) is 19.2. The zero-order valence-electron chi connectivity index (χ0n) is 16.6. The molecule has 0 radical (unpaired) electrons. The van der Waals surface area contributed by atoms with Gasteiger partial charge in [-0.3, -0.25) is 0 Å². The van der Waals surface area contributed by atoms with E-state index in [-0.39, 0.29) is 5.04 Å². The molecule has 7 heteroatoms. The van der Waals surface area contributed by atoms with Crippen molar-refractivity contribution in [1.29, 1.82) is 5.26 Å². The van der Waals surface area contributed by atoms with E-state index in [1.807, 2.05) is 10.6 Å². The second kappa shape index (κ2) is 8.17. The Labute approximate surface area is 170 Å². The fraction of sp³-hybridized carbons (Fsp3) is 0.500. The summed E-state index contributed by atoms with van der Waals surface area (Å²) in [6.45, 7) is 11.9. The van der Waals surface area contributed by atoms with Crippen LogP contribution in [0.3, 0.4) is 0 Å². The molecular formula is C20H27BrN2O3Si. The van der Waals surface area contributed by atoms with Crippen molar-refractivity contribution in [2.45, 2.75) is 51.9 Å². The van der Waals surface area contributed by atoms with E-state index in [2.05, 4.69) is 55.9 Å². The number of carboxylic acids is 1. The van der Waals surface area contributed by atoms with Crippen molar-refractivity contribution in [1.82, 2.24) is 4.57 Å². The molecule has 0 amide bonds. The van der Waals surface area contributed by atoms with E-state index in [1.165, 1.54) is 0 Å². The lowest BCUT2D eigenvalue weighted by molar-refractivity contribution is 0.0684. The van der Waals surface area contributed by atoms with Gasteiger partial charge < -0.3 is 14.1 Å². The summed E-state index contributed by atoms with van der Waals surface area (Å²) in [5.41, 5.74) is 2.41. The Hall–Kier alpha value is -1.62. The summed E-state index contributed by atoms with van der Waals surface area (Å²) >= 11 is 3.41. The number of nitriles is 1. The summed E-state index contributed by atoms with van der Waals surface area (Å²) in [6.07, 6.45) is 0.509. The Balaban J connectivity index is 2.49. The molecule has 27 heavy (non-hydrogen) atoms. The van der Waals surface area contributed by atoms with Crippen LogP contribution >= 0.6 is 15.9 Å². The van der Waals surface area contributed by atoms with Gasteiger partial charge in [0.05, 0.1) is 11.6 Å². The van der Waals surface area contributed by atoms with Crippen molar-refractivity contribution < 1.29 is 14.3 Å². The molecule has 0 aliphatic rings. The summed E-state index contributed by atoms with van der Waals surface area (Å²) < 4.78 is 8.08. The van der Waals surface area contributed by atoms with Gasteiger partial charge >= 0.3 is 5.97 Å². The number of aromatic carboxylic acids is 1. The number of halogens is 1. The molecule has 1 N–H and O–H groups in total.